The van der Waals surface area contributed by atoms with Gasteiger partial charge in [-0.15, -0.1) is 0 Å². The van der Waals surface area contributed by atoms with Crippen LogP contribution in [-0.2, 0) is 4.74 Å². The fraction of sp³-hybridized carbons (Fsp3) is 0.130. The molecule has 0 atom stereocenters. The van der Waals surface area contributed by atoms with Crippen molar-refractivity contribution < 1.29 is 14.3 Å². The Morgan fingerprint density at radius 3 is 1.79 bits per heavy atom. The minimum Gasteiger partial charge on any atom is -0.448 e. The van der Waals surface area contributed by atoms with Crippen molar-refractivity contribution in [3.05, 3.63) is 102 Å². The van der Waals surface area contributed by atoms with Gasteiger partial charge in [-0.05, 0) is 30.2 Å². The molecule has 0 radical (unpaired) electrons. The van der Waals surface area contributed by atoms with Crippen LogP contribution in [0.3, 0.4) is 0 Å². The molecule has 0 aliphatic heterocycles. The third-order valence-corrected chi connectivity index (χ3v) is 4.21. The highest BCUT2D eigenvalue weighted by atomic mass is 16.6. The predicted molar refractivity (Wildman–Crippen MR) is 112 cm³/mol. The van der Waals surface area contributed by atoms with E-state index in [1.54, 1.807) is 19.1 Å². The van der Waals surface area contributed by atoms with Crippen molar-refractivity contribution in [2.24, 2.45) is 0 Å². The fourth-order valence-electron chi connectivity index (χ4n) is 2.96. The number of anilines is 1. The van der Waals surface area contributed by atoms with Crippen LogP contribution in [0, 0.1) is 0 Å². The highest BCUT2D eigenvalue weighted by Crippen LogP contribution is 2.28. The van der Waals surface area contributed by atoms with Gasteiger partial charge in [0.15, 0.2) is 0 Å². The largest absolute Gasteiger partial charge is 0.448 e. The van der Waals surface area contributed by atoms with Crippen molar-refractivity contribution in [2.75, 3.05) is 11.9 Å². The summed E-state index contributed by atoms with van der Waals surface area (Å²) < 4.78 is 5.22. The number of amides is 3. The second-order valence-electron chi connectivity index (χ2n) is 6.22. The van der Waals surface area contributed by atoms with E-state index in [9.17, 15) is 9.59 Å². The van der Waals surface area contributed by atoms with Crippen LogP contribution in [0.1, 0.15) is 24.1 Å². The summed E-state index contributed by atoms with van der Waals surface area (Å²) in [7, 11) is 0. The van der Waals surface area contributed by atoms with Gasteiger partial charge in [-0.3, -0.25) is 0 Å². The molecule has 29 heavy (non-hydrogen) atoms. The first-order valence-electron chi connectivity index (χ1n) is 9.37. The number of carbonyl (C=O) groups excluding carboxylic acids is 2. The van der Waals surface area contributed by atoms with E-state index in [4.69, 9.17) is 4.74 Å². The van der Waals surface area contributed by atoms with Gasteiger partial charge in [-0.1, -0.05) is 78.9 Å². The number of nitrogens with one attached hydrogen (secondary N) is 2. The van der Waals surface area contributed by atoms with Crippen LogP contribution in [0.5, 0.6) is 0 Å². The SMILES string of the molecule is CCOC(=O)N(NC(=O)Nc1ccccc1)C(c1ccccc1)c1ccccc1. The third-order valence-electron chi connectivity index (χ3n) is 4.21. The fourth-order valence-corrected chi connectivity index (χ4v) is 2.96. The number of rotatable bonds is 5. The van der Waals surface area contributed by atoms with Gasteiger partial charge in [0.05, 0.1) is 6.61 Å². The van der Waals surface area contributed by atoms with Gasteiger partial charge in [0.2, 0.25) is 0 Å². The first kappa shape index (κ1) is 19.9. The first-order chi connectivity index (χ1) is 14.2. The van der Waals surface area contributed by atoms with Gasteiger partial charge in [0.1, 0.15) is 6.04 Å². The van der Waals surface area contributed by atoms with E-state index < -0.39 is 18.2 Å². The van der Waals surface area contributed by atoms with Crippen molar-refractivity contribution >= 4 is 17.8 Å². The van der Waals surface area contributed by atoms with Gasteiger partial charge in [0, 0.05) is 5.69 Å². The molecule has 0 aliphatic carbocycles. The molecule has 148 valence electrons. The van der Waals surface area contributed by atoms with Gasteiger partial charge in [0.25, 0.3) is 0 Å². The van der Waals surface area contributed by atoms with Crippen LogP contribution in [0.2, 0.25) is 0 Å². The maximum Gasteiger partial charge on any atom is 0.429 e. The lowest BCUT2D eigenvalue weighted by Gasteiger charge is -2.31. The Balaban J connectivity index is 1.93. The second kappa shape index (κ2) is 9.94. The summed E-state index contributed by atoms with van der Waals surface area (Å²) in [5, 5.41) is 3.94. The van der Waals surface area contributed by atoms with E-state index in [0.717, 1.165) is 11.1 Å². The molecule has 3 rings (SSSR count). The summed E-state index contributed by atoms with van der Waals surface area (Å²) in [6.07, 6.45) is -0.645. The van der Waals surface area contributed by atoms with Gasteiger partial charge in [-0.25, -0.2) is 20.0 Å². The Labute approximate surface area is 170 Å². The maximum atomic E-state index is 12.8. The summed E-state index contributed by atoms with van der Waals surface area (Å²) in [4.78, 5) is 25.4. The van der Waals surface area contributed by atoms with Crippen LogP contribution in [0.15, 0.2) is 91.0 Å². The zero-order valence-electron chi connectivity index (χ0n) is 16.1. The number of carbonyl (C=O) groups is 2. The van der Waals surface area contributed by atoms with Crippen molar-refractivity contribution in [2.45, 2.75) is 13.0 Å². The molecule has 3 aromatic carbocycles. The molecule has 0 fully saturated rings. The Kier molecular flexibility index (Phi) is 6.84. The van der Waals surface area contributed by atoms with E-state index in [1.165, 1.54) is 5.01 Å². The standard InChI is InChI=1S/C23H23N3O3/c1-2-29-23(28)26(25-22(27)24-20-16-10-5-11-17-20)21(18-12-6-3-7-13-18)19-14-8-4-9-15-19/h3-17,21H,2H2,1H3,(H2,24,25,27). The molecule has 0 heterocycles. The van der Waals surface area contributed by atoms with Crippen molar-refractivity contribution in [3.63, 3.8) is 0 Å². The Bertz CT molecular complexity index is 878. The molecule has 3 aromatic rings. The number of hydrogen-bond donors (Lipinski definition) is 2. The first-order valence-corrected chi connectivity index (χ1v) is 9.37. The molecule has 0 bridgehead atoms. The highest BCUT2D eigenvalue weighted by molar-refractivity contribution is 5.90. The molecule has 2 N–H and O–H groups in total. The zero-order valence-corrected chi connectivity index (χ0v) is 16.1. The lowest BCUT2D eigenvalue weighted by Crippen LogP contribution is -2.50. The van der Waals surface area contributed by atoms with Crippen molar-refractivity contribution in [1.82, 2.24) is 10.4 Å². The average molecular weight is 389 g/mol. The molecule has 0 aromatic heterocycles. The highest BCUT2D eigenvalue weighted by Gasteiger charge is 2.29. The molecular weight excluding hydrogens is 366 g/mol. The average Bonchev–Trinajstić information content (AvgIpc) is 2.76. The predicted octanol–water partition coefficient (Wildman–Crippen LogP) is 4.97. The lowest BCUT2D eigenvalue weighted by molar-refractivity contribution is 0.0792. The van der Waals surface area contributed by atoms with E-state index in [0.29, 0.717) is 5.69 Å². The number of benzene rings is 3. The number of hydrazine groups is 1. The smallest absolute Gasteiger partial charge is 0.429 e. The monoisotopic (exact) mass is 389 g/mol. The summed E-state index contributed by atoms with van der Waals surface area (Å²) in [5.74, 6) is 0. The van der Waals surface area contributed by atoms with Crippen LogP contribution in [-0.4, -0.2) is 23.7 Å². The van der Waals surface area contributed by atoms with Crippen LogP contribution >= 0.6 is 0 Å². The summed E-state index contributed by atoms with van der Waals surface area (Å²) in [5.41, 5.74) is 4.95. The molecule has 3 amide bonds. The molecule has 6 nitrogen and oxygen atoms in total. The van der Waals surface area contributed by atoms with E-state index >= 15 is 0 Å². The number of urea groups is 1. The number of nitrogens with zero attached hydrogens (tertiary/aromatic N) is 1. The molecule has 0 aliphatic rings. The Morgan fingerprint density at radius 1 is 0.828 bits per heavy atom. The number of ether oxygens (including phenoxy) is 1. The van der Waals surface area contributed by atoms with Crippen molar-refractivity contribution in [1.29, 1.82) is 0 Å². The summed E-state index contributed by atoms with van der Waals surface area (Å²) in [6, 6.07) is 26.9. The molecule has 0 spiro atoms. The third kappa shape index (κ3) is 5.35. The zero-order chi connectivity index (χ0) is 20.5. The van der Waals surface area contributed by atoms with Gasteiger partial charge in [-0.2, -0.15) is 0 Å². The molecule has 0 saturated heterocycles. The van der Waals surface area contributed by atoms with Crippen LogP contribution in [0.25, 0.3) is 0 Å². The van der Waals surface area contributed by atoms with Crippen molar-refractivity contribution in [3.8, 4) is 0 Å². The Hall–Kier alpha value is -3.80. The topological polar surface area (TPSA) is 70.7 Å². The summed E-state index contributed by atoms with van der Waals surface area (Å²) >= 11 is 0. The van der Waals surface area contributed by atoms with Crippen LogP contribution < -0.4 is 10.7 Å². The van der Waals surface area contributed by atoms with E-state index in [-0.39, 0.29) is 6.61 Å². The quantitative estimate of drug-likeness (QED) is 0.605. The normalized spacial score (nSPS) is 10.3. The van der Waals surface area contributed by atoms with E-state index in [1.807, 2.05) is 78.9 Å². The Morgan fingerprint density at radius 2 is 1.31 bits per heavy atom. The summed E-state index contributed by atoms with van der Waals surface area (Å²) in [6.45, 7) is 1.91. The number of hydrogen-bond acceptors (Lipinski definition) is 3. The molecule has 0 unspecified atom stereocenters. The molecule has 6 heteroatoms. The minimum atomic E-state index is -0.645. The van der Waals surface area contributed by atoms with Gasteiger partial charge < -0.3 is 10.1 Å². The van der Waals surface area contributed by atoms with Crippen LogP contribution in [0.4, 0.5) is 15.3 Å². The van der Waals surface area contributed by atoms with E-state index in [2.05, 4.69) is 10.7 Å². The maximum absolute atomic E-state index is 12.8. The second-order valence-corrected chi connectivity index (χ2v) is 6.22. The number of para-hydroxylation sites is 1. The molecular formula is C23H23N3O3. The molecule has 0 saturated carbocycles. The van der Waals surface area contributed by atoms with Gasteiger partial charge >= 0.3 is 12.1 Å². The lowest BCUT2D eigenvalue weighted by atomic mass is 9.98. The minimum absolute atomic E-state index is 0.188.